The van der Waals surface area contributed by atoms with Gasteiger partial charge in [0.1, 0.15) is 0 Å². The summed E-state index contributed by atoms with van der Waals surface area (Å²) in [6, 6.07) is 19.0. The molecule has 0 aromatic heterocycles. The lowest BCUT2D eigenvalue weighted by Gasteiger charge is -2.02. The Bertz CT molecular complexity index is 553. The minimum atomic E-state index is 0.969. The number of rotatable bonds is 5. The highest BCUT2D eigenvalue weighted by molar-refractivity contribution is 14.1. The molecule has 2 rings (SSSR count). The molecule has 19 heavy (non-hydrogen) atoms. The molecule has 0 radical (unpaired) electrons. The van der Waals surface area contributed by atoms with Crippen LogP contribution in [0.2, 0.25) is 0 Å². The smallest absolute Gasteiger partial charge is 0.0179 e. The highest BCUT2D eigenvalue weighted by atomic mass is 127. The van der Waals surface area contributed by atoms with E-state index in [4.69, 9.17) is 0 Å². The molecular formula is C18H17I. The van der Waals surface area contributed by atoms with E-state index < -0.39 is 0 Å². The lowest BCUT2D eigenvalue weighted by Crippen LogP contribution is -1.86. The summed E-state index contributed by atoms with van der Waals surface area (Å²) in [5, 5.41) is 0. The normalized spacial score (nSPS) is 11.4. The van der Waals surface area contributed by atoms with E-state index in [1.807, 2.05) is 6.07 Å². The molecule has 0 aliphatic carbocycles. The summed E-state index contributed by atoms with van der Waals surface area (Å²) in [6.45, 7) is 0. The van der Waals surface area contributed by atoms with Crippen LogP contribution < -0.4 is 0 Å². The summed E-state index contributed by atoms with van der Waals surface area (Å²) >= 11 is 2.36. The zero-order valence-corrected chi connectivity index (χ0v) is 13.0. The molecule has 0 heterocycles. The zero-order valence-electron chi connectivity index (χ0n) is 10.8. The molecule has 0 amide bonds. The maximum Gasteiger partial charge on any atom is 0.0179 e. The molecule has 0 saturated carbocycles. The first-order valence-electron chi connectivity index (χ1n) is 6.42. The largest absolute Gasteiger partial charge is 0.0818 e. The van der Waals surface area contributed by atoms with Gasteiger partial charge in [-0.05, 0) is 23.1 Å². The molecule has 0 aliphatic heterocycles. The van der Waals surface area contributed by atoms with Crippen molar-refractivity contribution in [1.29, 1.82) is 0 Å². The van der Waals surface area contributed by atoms with Gasteiger partial charge in [-0.2, -0.15) is 0 Å². The molecule has 0 spiro atoms. The average molecular weight is 360 g/mol. The Kier molecular flexibility index (Phi) is 5.89. The standard InChI is InChI=1S/C18H17I/c19-15-7-14-18-12-5-4-11-17(18)13-6-10-16-8-2-1-3-9-16/h1-12,14H,13,15H2. The average Bonchev–Trinajstić information content (AvgIpc) is 2.47. The molecule has 0 N–H and O–H groups in total. The van der Waals surface area contributed by atoms with E-state index >= 15 is 0 Å². The van der Waals surface area contributed by atoms with E-state index in [-0.39, 0.29) is 0 Å². The molecule has 96 valence electrons. The number of hydrogen-bond donors (Lipinski definition) is 0. The van der Waals surface area contributed by atoms with E-state index in [0.717, 1.165) is 10.8 Å². The van der Waals surface area contributed by atoms with Crippen LogP contribution in [0.25, 0.3) is 12.2 Å². The summed E-state index contributed by atoms with van der Waals surface area (Å²) < 4.78 is 1.05. The molecule has 0 bridgehead atoms. The molecule has 0 saturated heterocycles. The predicted molar refractivity (Wildman–Crippen MR) is 93.5 cm³/mol. The van der Waals surface area contributed by atoms with Gasteiger partial charge in [0.2, 0.25) is 0 Å². The fourth-order valence-corrected chi connectivity index (χ4v) is 2.19. The third-order valence-electron chi connectivity index (χ3n) is 2.89. The van der Waals surface area contributed by atoms with E-state index in [2.05, 4.69) is 95.4 Å². The molecule has 0 aliphatic rings. The summed E-state index contributed by atoms with van der Waals surface area (Å²) in [4.78, 5) is 0. The second-order valence-corrected chi connectivity index (χ2v) is 5.15. The fourth-order valence-electron chi connectivity index (χ4n) is 1.94. The first kappa shape index (κ1) is 14.1. The molecule has 0 unspecified atom stereocenters. The number of halogens is 1. The van der Waals surface area contributed by atoms with E-state index in [1.165, 1.54) is 16.7 Å². The van der Waals surface area contributed by atoms with Crippen LogP contribution in [0.4, 0.5) is 0 Å². The molecule has 2 aromatic rings. The quantitative estimate of drug-likeness (QED) is 0.495. The second kappa shape index (κ2) is 7.95. The van der Waals surface area contributed by atoms with Crippen molar-refractivity contribution in [3.05, 3.63) is 83.4 Å². The summed E-state index contributed by atoms with van der Waals surface area (Å²) in [7, 11) is 0. The van der Waals surface area contributed by atoms with E-state index in [0.29, 0.717) is 0 Å². The third-order valence-corrected chi connectivity index (χ3v) is 3.40. The van der Waals surface area contributed by atoms with Gasteiger partial charge in [-0.15, -0.1) is 0 Å². The van der Waals surface area contributed by atoms with Crippen LogP contribution in [-0.4, -0.2) is 4.43 Å². The Labute approximate surface area is 129 Å². The Morgan fingerprint density at radius 2 is 1.53 bits per heavy atom. The number of benzene rings is 2. The van der Waals surface area contributed by atoms with Crippen molar-refractivity contribution in [1.82, 2.24) is 0 Å². The van der Waals surface area contributed by atoms with Crippen LogP contribution in [0.5, 0.6) is 0 Å². The van der Waals surface area contributed by atoms with Crippen molar-refractivity contribution in [3.63, 3.8) is 0 Å². The van der Waals surface area contributed by atoms with Gasteiger partial charge in [0.25, 0.3) is 0 Å². The van der Waals surface area contributed by atoms with Crippen molar-refractivity contribution in [2.75, 3.05) is 4.43 Å². The lowest BCUT2D eigenvalue weighted by molar-refractivity contribution is 1.26. The first-order valence-corrected chi connectivity index (χ1v) is 7.94. The van der Waals surface area contributed by atoms with Crippen LogP contribution in [0.15, 0.2) is 66.7 Å². The van der Waals surface area contributed by atoms with Gasteiger partial charge < -0.3 is 0 Å². The van der Waals surface area contributed by atoms with Crippen molar-refractivity contribution < 1.29 is 0 Å². The maximum absolute atomic E-state index is 2.36. The van der Waals surface area contributed by atoms with Crippen LogP contribution >= 0.6 is 22.6 Å². The fraction of sp³-hybridized carbons (Fsp3) is 0.111. The molecule has 0 nitrogen and oxygen atoms in total. The summed E-state index contributed by atoms with van der Waals surface area (Å²) in [6.07, 6.45) is 9.78. The Morgan fingerprint density at radius 3 is 2.32 bits per heavy atom. The topological polar surface area (TPSA) is 0 Å². The Hall–Kier alpha value is -1.35. The van der Waals surface area contributed by atoms with Gasteiger partial charge >= 0.3 is 0 Å². The number of allylic oxidation sites excluding steroid dienone is 2. The van der Waals surface area contributed by atoms with Crippen molar-refractivity contribution in [3.8, 4) is 0 Å². The molecule has 1 heteroatoms. The zero-order chi connectivity index (χ0) is 13.3. The minimum absolute atomic E-state index is 0.969. The molecular weight excluding hydrogens is 343 g/mol. The minimum Gasteiger partial charge on any atom is -0.0818 e. The molecule has 0 fully saturated rings. The van der Waals surface area contributed by atoms with Crippen LogP contribution in [-0.2, 0) is 6.42 Å². The predicted octanol–water partition coefficient (Wildman–Crippen LogP) is 5.39. The van der Waals surface area contributed by atoms with Gasteiger partial charge in [0.15, 0.2) is 0 Å². The van der Waals surface area contributed by atoms with Gasteiger partial charge in [0, 0.05) is 4.43 Å². The van der Waals surface area contributed by atoms with Gasteiger partial charge in [-0.25, -0.2) is 0 Å². The van der Waals surface area contributed by atoms with Crippen molar-refractivity contribution in [2.24, 2.45) is 0 Å². The highest BCUT2D eigenvalue weighted by Gasteiger charge is 1.95. The van der Waals surface area contributed by atoms with Crippen LogP contribution in [0.1, 0.15) is 16.7 Å². The molecule has 2 aromatic carbocycles. The monoisotopic (exact) mass is 360 g/mol. The number of alkyl halides is 1. The summed E-state index contributed by atoms with van der Waals surface area (Å²) in [5.41, 5.74) is 3.94. The first-order chi connectivity index (χ1) is 9.40. The van der Waals surface area contributed by atoms with Crippen LogP contribution in [0.3, 0.4) is 0 Å². The number of hydrogen-bond acceptors (Lipinski definition) is 0. The van der Waals surface area contributed by atoms with Gasteiger partial charge in [0.05, 0.1) is 0 Å². The van der Waals surface area contributed by atoms with Crippen LogP contribution in [0, 0.1) is 0 Å². The van der Waals surface area contributed by atoms with Gasteiger partial charge in [-0.3, -0.25) is 0 Å². The third kappa shape index (κ3) is 4.67. The van der Waals surface area contributed by atoms with E-state index in [9.17, 15) is 0 Å². The maximum atomic E-state index is 2.36. The highest BCUT2D eigenvalue weighted by Crippen LogP contribution is 2.13. The SMILES string of the molecule is ICC=Cc1ccccc1CC=Cc1ccccc1. The Morgan fingerprint density at radius 1 is 0.789 bits per heavy atom. The second-order valence-electron chi connectivity index (χ2n) is 4.27. The Balaban J connectivity index is 2.07. The lowest BCUT2D eigenvalue weighted by atomic mass is 10.0. The van der Waals surface area contributed by atoms with Crippen molar-refractivity contribution in [2.45, 2.75) is 6.42 Å². The van der Waals surface area contributed by atoms with Crippen molar-refractivity contribution >= 4 is 34.7 Å². The summed E-state index contributed by atoms with van der Waals surface area (Å²) in [5.74, 6) is 0. The molecule has 0 atom stereocenters. The van der Waals surface area contributed by atoms with E-state index in [1.54, 1.807) is 0 Å². The van der Waals surface area contributed by atoms with Gasteiger partial charge in [-0.1, -0.05) is 101 Å².